The molecule has 3 heteroatoms. The van der Waals surface area contributed by atoms with E-state index in [1.807, 2.05) is 54.6 Å². The van der Waals surface area contributed by atoms with Crippen LogP contribution in [0, 0.1) is 0 Å². The number of hydrogen-bond donors (Lipinski definition) is 0. The van der Waals surface area contributed by atoms with E-state index in [2.05, 4.69) is 15.9 Å². The van der Waals surface area contributed by atoms with E-state index in [1.165, 1.54) is 7.11 Å². The molecule has 0 heterocycles. The molecule has 0 fully saturated rings. The van der Waals surface area contributed by atoms with Crippen molar-refractivity contribution in [2.75, 3.05) is 7.11 Å². The third-order valence-electron chi connectivity index (χ3n) is 2.69. The Hall–Kier alpha value is -1.61. The van der Waals surface area contributed by atoms with Gasteiger partial charge < -0.3 is 4.74 Å². The van der Waals surface area contributed by atoms with Crippen LogP contribution in [0.5, 0.6) is 0 Å². The number of halogens is 1. The second-order valence-corrected chi connectivity index (χ2v) is 4.79. The fourth-order valence-corrected chi connectivity index (χ4v) is 2.22. The summed E-state index contributed by atoms with van der Waals surface area (Å²) in [6, 6.07) is 17.9. The largest absolute Gasteiger partial charge is 0.468 e. The van der Waals surface area contributed by atoms with Crippen molar-refractivity contribution in [2.24, 2.45) is 0 Å². The molecule has 2 rings (SSSR count). The standard InChI is InChI=1S/C15H13BrO2/c1-18-15(17)14(16)13-9-5-8-12(10-13)11-6-3-2-4-7-11/h2-10,14H,1H3. The minimum atomic E-state index is -0.425. The normalized spacial score (nSPS) is 11.9. The summed E-state index contributed by atoms with van der Waals surface area (Å²) in [5.74, 6) is -0.291. The number of carbonyl (C=O) groups is 1. The maximum absolute atomic E-state index is 11.5. The zero-order valence-electron chi connectivity index (χ0n) is 9.97. The predicted molar refractivity (Wildman–Crippen MR) is 75.6 cm³/mol. The highest BCUT2D eigenvalue weighted by Crippen LogP contribution is 2.28. The first kappa shape index (κ1) is 12.8. The van der Waals surface area contributed by atoms with Gasteiger partial charge >= 0.3 is 5.97 Å². The number of carbonyl (C=O) groups excluding carboxylic acids is 1. The highest BCUT2D eigenvalue weighted by atomic mass is 79.9. The van der Waals surface area contributed by atoms with Crippen LogP contribution in [0.15, 0.2) is 54.6 Å². The van der Waals surface area contributed by atoms with Gasteiger partial charge in [-0.15, -0.1) is 0 Å². The molecule has 0 spiro atoms. The lowest BCUT2D eigenvalue weighted by atomic mass is 10.0. The molecular formula is C15H13BrO2. The van der Waals surface area contributed by atoms with Gasteiger partial charge in [0.25, 0.3) is 0 Å². The first-order chi connectivity index (χ1) is 8.72. The van der Waals surface area contributed by atoms with Crippen molar-refractivity contribution >= 4 is 21.9 Å². The number of ether oxygens (including phenoxy) is 1. The minimum Gasteiger partial charge on any atom is -0.468 e. The zero-order valence-corrected chi connectivity index (χ0v) is 11.6. The van der Waals surface area contributed by atoms with Gasteiger partial charge in [-0.1, -0.05) is 64.5 Å². The maximum Gasteiger partial charge on any atom is 0.323 e. The third-order valence-corrected chi connectivity index (χ3v) is 3.60. The molecule has 0 saturated heterocycles. The zero-order chi connectivity index (χ0) is 13.0. The minimum absolute atomic E-state index is 0.291. The van der Waals surface area contributed by atoms with Gasteiger partial charge in [0.1, 0.15) is 4.83 Å². The average Bonchev–Trinajstić information content (AvgIpc) is 2.46. The van der Waals surface area contributed by atoms with Crippen LogP contribution in [-0.4, -0.2) is 13.1 Å². The van der Waals surface area contributed by atoms with Gasteiger partial charge in [0.2, 0.25) is 0 Å². The van der Waals surface area contributed by atoms with Crippen molar-refractivity contribution in [3.8, 4) is 11.1 Å². The number of methoxy groups -OCH3 is 1. The third kappa shape index (κ3) is 2.79. The number of esters is 1. The van der Waals surface area contributed by atoms with Gasteiger partial charge in [-0.3, -0.25) is 4.79 Å². The van der Waals surface area contributed by atoms with Crippen molar-refractivity contribution in [2.45, 2.75) is 4.83 Å². The summed E-state index contributed by atoms with van der Waals surface area (Å²) in [5.41, 5.74) is 3.11. The van der Waals surface area contributed by atoms with Gasteiger partial charge in [0, 0.05) is 0 Å². The Bertz CT molecular complexity index is 537. The molecule has 0 amide bonds. The van der Waals surface area contributed by atoms with Crippen molar-refractivity contribution in [1.82, 2.24) is 0 Å². The Balaban J connectivity index is 2.34. The summed E-state index contributed by atoms with van der Waals surface area (Å²) in [6.45, 7) is 0. The summed E-state index contributed by atoms with van der Waals surface area (Å²) < 4.78 is 4.73. The molecule has 1 unspecified atom stereocenters. The molecular weight excluding hydrogens is 292 g/mol. The fraction of sp³-hybridized carbons (Fsp3) is 0.133. The van der Waals surface area contributed by atoms with Gasteiger partial charge in [0.15, 0.2) is 0 Å². The molecule has 2 nitrogen and oxygen atoms in total. The van der Waals surface area contributed by atoms with E-state index in [9.17, 15) is 4.79 Å². The summed E-state index contributed by atoms with van der Waals surface area (Å²) >= 11 is 3.34. The van der Waals surface area contributed by atoms with Gasteiger partial charge in [-0.25, -0.2) is 0 Å². The van der Waals surface area contributed by atoms with Crippen molar-refractivity contribution in [3.05, 3.63) is 60.2 Å². The van der Waals surface area contributed by atoms with Crippen LogP contribution in [0.25, 0.3) is 11.1 Å². The Morgan fingerprint density at radius 2 is 1.72 bits per heavy atom. The number of hydrogen-bond acceptors (Lipinski definition) is 2. The quantitative estimate of drug-likeness (QED) is 0.634. The van der Waals surface area contributed by atoms with Gasteiger partial charge in [-0.2, -0.15) is 0 Å². The summed E-state index contributed by atoms with van der Waals surface area (Å²) in [7, 11) is 1.39. The molecule has 2 aromatic rings. The molecule has 0 bridgehead atoms. The summed E-state index contributed by atoms with van der Waals surface area (Å²) in [5, 5.41) is 0. The first-order valence-corrected chi connectivity index (χ1v) is 6.51. The number of alkyl halides is 1. The van der Waals surface area contributed by atoms with E-state index in [4.69, 9.17) is 4.74 Å². The second kappa shape index (κ2) is 5.83. The number of benzene rings is 2. The Morgan fingerprint density at radius 1 is 1.06 bits per heavy atom. The first-order valence-electron chi connectivity index (χ1n) is 5.59. The molecule has 2 aromatic carbocycles. The lowest BCUT2D eigenvalue weighted by molar-refractivity contribution is -0.139. The average molecular weight is 305 g/mol. The molecule has 0 radical (unpaired) electrons. The molecule has 0 aliphatic heterocycles. The topological polar surface area (TPSA) is 26.3 Å². The van der Waals surface area contributed by atoms with E-state index in [0.29, 0.717) is 0 Å². The van der Waals surface area contributed by atoms with E-state index in [1.54, 1.807) is 0 Å². The molecule has 0 N–H and O–H groups in total. The van der Waals surface area contributed by atoms with Crippen molar-refractivity contribution in [1.29, 1.82) is 0 Å². The lowest BCUT2D eigenvalue weighted by Crippen LogP contribution is -2.08. The van der Waals surface area contributed by atoms with Crippen LogP contribution in [-0.2, 0) is 9.53 Å². The van der Waals surface area contributed by atoms with E-state index < -0.39 is 4.83 Å². The number of rotatable bonds is 3. The van der Waals surface area contributed by atoms with Crippen LogP contribution < -0.4 is 0 Å². The monoisotopic (exact) mass is 304 g/mol. The molecule has 0 aromatic heterocycles. The lowest BCUT2D eigenvalue weighted by Gasteiger charge is -2.09. The fourth-order valence-electron chi connectivity index (χ4n) is 1.75. The molecule has 92 valence electrons. The highest BCUT2D eigenvalue weighted by Gasteiger charge is 2.17. The molecule has 1 atom stereocenters. The van der Waals surface area contributed by atoms with Crippen LogP contribution in [0.3, 0.4) is 0 Å². The Morgan fingerprint density at radius 3 is 2.39 bits per heavy atom. The van der Waals surface area contributed by atoms with Gasteiger partial charge in [0.05, 0.1) is 7.11 Å². The van der Waals surface area contributed by atoms with Crippen molar-refractivity contribution in [3.63, 3.8) is 0 Å². The SMILES string of the molecule is COC(=O)C(Br)c1cccc(-c2ccccc2)c1. The van der Waals surface area contributed by atoms with Crippen LogP contribution in [0.2, 0.25) is 0 Å². The second-order valence-electron chi connectivity index (χ2n) is 3.88. The summed E-state index contributed by atoms with van der Waals surface area (Å²) in [6.07, 6.45) is 0. The smallest absolute Gasteiger partial charge is 0.323 e. The maximum atomic E-state index is 11.5. The Kier molecular flexibility index (Phi) is 4.15. The van der Waals surface area contributed by atoms with Crippen LogP contribution in [0.1, 0.15) is 10.4 Å². The Labute approximate surface area is 115 Å². The molecule has 0 aliphatic carbocycles. The molecule has 18 heavy (non-hydrogen) atoms. The molecule has 0 saturated carbocycles. The van der Waals surface area contributed by atoms with E-state index in [0.717, 1.165) is 16.7 Å². The van der Waals surface area contributed by atoms with E-state index >= 15 is 0 Å². The summed E-state index contributed by atoms with van der Waals surface area (Å²) in [4.78, 5) is 11.1. The van der Waals surface area contributed by atoms with Crippen LogP contribution >= 0.6 is 15.9 Å². The van der Waals surface area contributed by atoms with E-state index in [-0.39, 0.29) is 5.97 Å². The van der Waals surface area contributed by atoms with Crippen LogP contribution in [0.4, 0.5) is 0 Å². The molecule has 0 aliphatic rings. The highest BCUT2D eigenvalue weighted by molar-refractivity contribution is 9.09. The van der Waals surface area contributed by atoms with Crippen molar-refractivity contribution < 1.29 is 9.53 Å². The predicted octanol–water partition coefficient (Wildman–Crippen LogP) is 3.96. The van der Waals surface area contributed by atoms with Gasteiger partial charge in [-0.05, 0) is 22.8 Å².